The molecule has 1 aromatic rings. The molecule has 3 heteroatoms. The lowest BCUT2D eigenvalue weighted by molar-refractivity contribution is 0.536. The predicted molar refractivity (Wildman–Crippen MR) is 68.4 cm³/mol. The van der Waals surface area contributed by atoms with E-state index in [4.69, 9.17) is 5.73 Å². The van der Waals surface area contributed by atoms with E-state index in [1.54, 1.807) is 0 Å². The first-order valence-corrected chi connectivity index (χ1v) is 6.12. The molecule has 1 aliphatic rings. The van der Waals surface area contributed by atoms with Crippen molar-refractivity contribution >= 4 is 11.5 Å². The molecule has 1 aliphatic carbocycles. The highest BCUT2D eigenvalue weighted by molar-refractivity contribution is 5.48. The molecule has 0 saturated heterocycles. The van der Waals surface area contributed by atoms with Gasteiger partial charge in [0, 0.05) is 6.54 Å². The number of nitrogens with one attached hydrogen (secondary N) is 1. The summed E-state index contributed by atoms with van der Waals surface area (Å²) < 4.78 is 0. The number of nitrogen functional groups attached to an aromatic ring is 1. The molecular weight excluding hydrogens is 198 g/mol. The summed E-state index contributed by atoms with van der Waals surface area (Å²) in [6.07, 6.45) is 4.07. The van der Waals surface area contributed by atoms with Crippen LogP contribution in [-0.4, -0.2) is 11.5 Å². The van der Waals surface area contributed by atoms with Crippen molar-refractivity contribution in [3.8, 4) is 0 Å². The van der Waals surface area contributed by atoms with Gasteiger partial charge in [0.05, 0.1) is 11.4 Å². The fraction of sp³-hybridized carbons (Fsp3) is 0.615. The summed E-state index contributed by atoms with van der Waals surface area (Å²) in [5, 5.41) is 3.41. The third-order valence-corrected chi connectivity index (χ3v) is 3.50. The number of aromatic nitrogens is 1. The van der Waals surface area contributed by atoms with Crippen LogP contribution in [-0.2, 0) is 0 Å². The van der Waals surface area contributed by atoms with Crippen molar-refractivity contribution in [3.63, 3.8) is 0 Å². The zero-order chi connectivity index (χ0) is 11.5. The van der Waals surface area contributed by atoms with Gasteiger partial charge in [0.2, 0.25) is 0 Å². The second kappa shape index (κ2) is 4.73. The lowest BCUT2D eigenvalue weighted by Crippen LogP contribution is -2.12. The van der Waals surface area contributed by atoms with Gasteiger partial charge in [-0.15, -0.1) is 0 Å². The highest BCUT2D eigenvalue weighted by Gasteiger charge is 2.20. The van der Waals surface area contributed by atoms with Crippen molar-refractivity contribution in [1.29, 1.82) is 0 Å². The van der Waals surface area contributed by atoms with Gasteiger partial charge in [0.25, 0.3) is 0 Å². The largest absolute Gasteiger partial charge is 0.397 e. The molecule has 0 radical (unpaired) electrons. The van der Waals surface area contributed by atoms with E-state index in [-0.39, 0.29) is 0 Å². The maximum Gasteiger partial charge on any atom is 0.126 e. The van der Waals surface area contributed by atoms with Crippen molar-refractivity contribution in [3.05, 3.63) is 17.8 Å². The Kier molecular flexibility index (Phi) is 3.32. The minimum atomic E-state index is 0.764. The molecule has 0 aliphatic heterocycles. The number of aryl methyl sites for hydroxylation is 1. The fourth-order valence-corrected chi connectivity index (χ4v) is 2.43. The summed E-state index contributed by atoms with van der Waals surface area (Å²) in [6.45, 7) is 5.32. The van der Waals surface area contributed by atoms with Crippen LogP contribution >= 0.6 is 0 Å². The Morgan fingerprint density at radius 1 is 1.44 bits per heavy atom. The quantitative estimate of drug-likeness (QED) is 0.822. The molecule has 1 aromatic heterocycles. The average Bonchev–Trinajstić information content (AvgIpc) is 2.66. The molecule has 2 rings (SSSR count). The van der Waals surface area contributed by atoms with Gasteiger partial charge in [-0.25, -0.2) is 4.98 Å². The number of hydrogen-bond donors (Lipinski definition) is 2. The van der Waals surface area contributed by atoms with Crippen LogP contribution in [0, 0.1) is 18.8 Å². The molecule has 2 atom stereocenters. The second-order valence-corrected chi connectivity index (χ2v) is 5.04. The number of nitrogens with zero attached hydrogens (tertiary/aromatic N) is 1. The van der Waals surface area contributed by atoms with Crippen LogP contribution in [0.3, 0.4) is 0 Å². The number of hydrogen-bond acceptors (Lipinski definition) is 3. The van der Waals surface area contributed by atoms with Gasteiger partial charge in [0.15, 0.2) is 0 Å². The molecule has 1 fully saturated rings. The summed E-state index contributed by atoms with van der Waals surface area (Å²) in [7, 11) is 0. The Morgan fingerprint density at radius 2 is 2.25 bits per heavy atom. The zero-order valence-corrected chi connectivity index (χ0v) is 10.2. The molecule has 2 unspecified atom stereocenters. The van der Waals surface area contributed by atoms with Gasteiger partial charge in [0.1, 0.15) is 5.82 Å². The molecule has 1 heterocycles. The van der Waals surface area contributed by atoms with Crippen LogP contribution in [0.1, 0.15) is 31.9 Å². The number of nitrogens with two attached hydrogens (primary N) is 1. The minimum absolute atomic E-state index is 0.764. The number of rotatable bonds is 3. The Bertz CT molecular complexity index is 362. The van der Waals surface area contributed by atoms with Gasteiger partial charge >= 0.3 is 0 Å². The highest BCUT2D eigenvalue weighted by Crippen LogP contribution is 2.30. The Hall–Kier alpha value is -1.25. The normalized spacial score (nSPS) is 24.6. The molecule has 3 N–H and O–H groups in total. The second-order valence-electron chi connectivity index (χ2n) is 5.04. The summed E-state index contributed by atoms with van der Waals surface area (Å²) in [4.78, 5) is 4.42. The van der Waals surface area contributed by atoms with Crippen molar-refractivity contribution in [2.75, 3.05) is 17.6 Å². The first-order chi connectivity index (χ1) is 7.65. The van der Waals surface area contributed by atoms with Gasteiger partial charge in [-0.05, 0) is 43.7 Å². The molecule has 3 nitrogen and oxygen atoms in total. The zero-order valence-electron chi connectivity index (χ0n) is 10.2. The van der Waals surface area contributed by atoms with Gasteiger partial charge in [-0.1, -0.05) is 13.3 Å². The monoisotopic (exact) mass is 219 g/mol. The average molecular weight is 219 g/mol. The van der Waals surface area contributed by atoms with E-state index in [2.05, 4.69) is 17.2 Å². The van der Waals surface area contributed by atoms with E-state index in [1.807, 2.05) is 19.1 Å². The van der Waals surface area contributed by atoms with Crippen LogP contribution in [0.25, 0.3) is 0 Å². The Morgan fingerprint density at radius 3 is 2.88 bits per heavy atom. The molecular formula is C13H21N3. The first-order valence-electron chi connectivity index (χ1n) is 6.12. The van der Waals surface area contributed by atoms with Crippen LogP contribution in [0.4, 0.5) is 11.5 Å². The lowest BCUT2D eigenvalue weighted by atomic mass is 10.1. The van der Waals surface area contributed by atoms with Crippen LogP contribution < -0.4 is 11.1 Å². The smallest absolute Gasteiger partial charge is 0.126 e. The van der Waals surface area contributed by atoms with Crippen LogP contribution in [0.15, 0.2) is 12.1 Å². The summed E-state index contributed by atoms with van der Waals surface area (Å²) in [5.41, 5.74) is 7.41. The van der Waals surface area contributed by atoms with Crippen molar-refractivity contribution in [1.82, 2.24) is 4.98 Å². The Balaban J connectivity index is 1.87. The van der Waals surface area contributed by atoms with Gasteiger partial charge in [-0.2, -0.15) is 0 Å². The summed E-state index contributed by atoms with van der Waals surface area (Å²) in [6, 6.07) is 3.88. The molecule has 0 spiro atoms. The maximum atomic E-state index is 5.73. The topological polar surface area (TPSA) is 50.9 Å². The van der Waals surface area contributed by atoms with E-state index >= 15 is 0 Å². The van der Waals surface area contributed by atoms with E-state index in [0.29, 0.717) is 0 Å². The first kappa shape index (κ1) is 11.2. The predicted octanol–water partition coefficient (Wildman–Crippen LogP) is 2.82. The number of anilines is 2. The van der Waals surface area contributed by atoms with E-state index in [0.717, 1.165) is 35.6 Å². The van der Waals surface area contributed by atoms with Crippen LogP contribution in [0.2, 0.25) is 0 Å². The van der Waals surface area contributed by atoms with Crippen molar-refractivity contribution < 1.29 is 0 Å². The Labute approximate surface area is 97.5 Å². The van der Waals surface area contributed by atoms with Crippen molar-refractivity contribution in [2.45, 2.75) is 33.1 Å². The SMILES string of the molecule is Cc1nc(NCC2CCC(C)C2)ccc1N. The van der Waals surface area contributed by atoms with E-state index < -0.39 is 0 Å². The van der Waals surface area contributed by atoms with Gasteiger partial charge in [-0.3, -0.25) is 0 Å². The third kappa shape index (κ3) is 2.65. The molecule has 0 aromatic carbocycles. The molecule has 0 amide bonds. The molecule has 1 saturated carbocycles. The van der Waals surface area contributed by atoms with Gasteiger partial charge < -0.3 is 11.1 Å². The minimum Gasteiger partial charge on any atom is -0.397 e. The van der Waals surface area contributed by atoms with Crippen molar-refractivity contribution in [2.24, 2.45) is 11.8 Å². The standard InChI is InChI=1S/C13H21N3/c1-9-3-4-11(7-9)8-15-13-6-5-12(14)10(2)16-13/h5-6,9,11H,3-4,7-8,14H2,1-2H3,(H,15,16). The maximum absolute atomic E-state index is 5.73. The van der Waals surface area contributed by atoms with Crippen LogP contribution in [0.5, 0.6) is 0 Å². The number of pyridine rings is 1. The molecule has 16 heavy (non-hydrogen) atoms. The molecule has 0 bridgehead atoms. The third-order valence-electron chi connectivity index (χ3n) is 3.50. The fourth-order valence-electron chi connectivity index (χ4n) is 2.43. The lowest BCUT2D eigenvalue weighted by Gasteiger charge is -2.12. The summed E-state index contributed by atoms with van der Waals surface area (Å²) >= 11 is 0. The highest BCUT2D eigenvalue weighted by atomic mass is 15.0. The van der Waals surface area contributed by atoms with E-state index in [1.165, 1.54) is 19.3 Å². The molecule has 88 valence electrons. The summed E-state index contributed by atoms with van der Waals surface area (Å²) in [5.74, 6) is 2.66. The van der Waals surface area contributed by atoms with E-state index in [9.17, 15) is 0 Å².